The Labute approximate surface area is 249 Å². The summed E-state index contributed by atoms with van der Waals surface area (Å²) in [6.07, 6.45) is 18.9. The highest BCUT2D eigenvalue weighted by Crippen LogP contribution is 2.69. The van der Waals surface area contributed by atoms with Crippen molar-refractivity contribution in [2.24, 2.45) is 46.3 Å². The molecule has 6 fully saturated rings. The van der Waals surface area contributed by atoms with Crippen LogP contribution in [0.5, 0.6) is 0 Å². The van der Waals surface area contributed by atoms with Crippen molar-refractivity contribution in [3.63, 3.8) is 0 Å². The lowest BCUT2D eigenvalue weighted by Crippen LogP contribution is -2.60. The lowest BCUT2D eigenvalue weighted by molar-refractivity contribution is -0.258. The van der Waals surface area contributed by atoms with Gasteiger partial charge in [-0.1, -0.05) is 20.8 Å². The molecule has 0 bridgehead atoms. The van der Waals surface area contributed by atoms with E-state index in [0.29, 0.717) is 58.9 Å². The molecule has 0 N–H and O–H groups in total. The van der Waals surface area contributed by atoms with Crippen molar-refractivity contribution in [2.45, 2.75) is 148 Å². The van der Waals surface area contributed by atoms with Gasteiger partial charge in [0.1, 0.15) is 0 Å². The maximum atomic E-state index is 12.0. The van der Waals surface area contributed by atoms with Gasteiger partial charge in [0.2, 0.25) is 0 Å². The third kappa shape index (κ3) is 6.02. The summed E-state index contributed by atoms with van der Waals surface area (Å²) in [4.78, 5) is 12.0. The second kappa shape index (κ2) is 12.7. The Balaban J connectivity index is 1.21. The maximum absolute atomic E-state index is 12.0. The summed E-state index contributed by atoms with van der Waals surface area (Å²) in [5, 5.41) is 0. The molecule has 41 heavy (non-hydrogen) atoms. The Bertz CT molecular complexity index is 882. The third-order valence-electron chi connectivity index (χ3n) is 13.3. The summed E-state index contributed by atoms with van der Waals surface area (Å²) in [7, 11) is 1.51. The summed E-state index contributed by atoms with van der Waals surface area (Å²) in [5.41, 5.74) is 0.689. The number of hydrogen-bond acceptors (Lipinski definition) is 6. The van der Waals surface area contributed by atoms with Crippen LogP contribution in [0.3, 0.4) is 0 Å². The zero-order chi connectivity index (χ0) is 28.6. The lowest BCUT2D eigenvalue weighted by Gasteiger charge is -2.63. The van der Waals surface area contributed by atoms with Gasteiger partial charge in [-0.05, 0) is 143 Å². The zero-order valence-corrected chi connectivity index (χ0v) is 26.5. The Morgan fingerprint density at radius 2 is 1.51 bits per heavy atom. The van der Waals surface area contributed by atoms with Crippen molar-refractivity contribution in [2.75, 3.05) is 20.3 Å². The van der Waals surface area contributed by atoms with Crippen LogP contribution in [0.25, 0.3) is 0 Å². The number of fused-ring (bicyclic) bond motifs is 5. The van der Waals surface area contributed by atoms with E-state index in [1.165, 1.54) is 64.9 Å². The lowest BCUT2D eigenvalue weighted by atomic mass is 9.43. The van der Waals surface area contributed by atoms with Gasteiger partial charge in [-0.2, -0.15) is 0 Å². The van der Waals surface area contributed by atoms with Gasteiger partial charge in [0.05, 0.1) is 19.3 Å². The van der Waals surface area contributed by atoms with Crippen LogP contribution in [0.2, 0.25) is 0 Å². The average Bonchev–Trinajstić information content (AvgIpc) is 3.34. The van der Waals surface area contributed by atoms with Gasteiger partial charge in [0.25, 0.3) is 0 Å². The van der Waals surface area contributed by atoms with Crippen LogP contribution in [0.15, 0.2) is 0 Å². The van der Waals surface area contributed by atoms with E-state index < -0.39 is 0 Å². The van der Waals surface area contributed by atoms with Crippen LogP contribution in [0, 0.1) is 46.3 Å². The molecule has 12 atom stereocenters. The van der Waals surface area contributed by atoms with Gasteiger partial charge in [0.15, 0.2) is 12.6 Å². The van der Waals surface area contributed by atoms with Crippen molar-refractivity contribution in [1.82, 2.24) is 0 Å². The number of ether oxygens (including phenoxy) is 5. The standard InChI is InChI=1S/C35H58O6/c1-23(11-14-30(36)37-4)26-12-13-27-33-28(16-18-35(26,27)3)34(2)17-15-25(40-31-9-5-7-19-38-31)21-24(34)22-29(33)41-32-10-6-8-20-39-32/h23-29,31-33H,5-22H2,1-4H3/t23-,24?,25-,26?,27?,28?,29?,31?,32?,33?,34+,35-/m1/s1. The number of methoxy groups -OCH3 is 1. The van der Waals surface area contributed by atoms with E-state index in [2.05, 4.69) is 20.8 Å². The van der Waals surface area contributed by atoms with Crippen LogP contribution in [-0.2, 0) is 28.5 Å². The van der Waals surface area contributed by atoms with Crippen LogP contribution in [-0.4, -0.2) is 51.1 Å². The molecule has 0 aromatic carbocycles. The van der Waals surface area contributed by atoms with E-state index >= 15 is 0 Å². The van der Waals surface area contributed by atoms with E-state index in [0.717, 1.165) is 51.7 Å². The van der Waals surface area contributed by atoms with Crippen LogP contribution in [0.4, 0.5) is 0 Å². The molecular weight excluding hydrogens is 516 g/mol. The van der Waals surface area contributed by atoms with Gasteiger partial charge in [0, 0.05) is 19.6 Å². The molecule has 2 heterocycles. The number of rotatable bonds is 8. The molecule has 0 aromatic heterocycles. The molecule has 0 radical (unpaired) electrons. The first-order valence-electron chi connectivity index (χ1n) is 17.4. The molecule has 6 aliphatic rings. The molecule has 234 valence electrons. The first-order chi connectivity index (χ1) is 19.8. The Kier molecular flexibility index (Phi) is 9.42. The molecule has 0 aromatic rings. The number of carbonyl (C=O) groups excluding carboxylic acids is 1. The molecule has 0 amide bonds. The molecule has 4 aliphatic carbocycles. The van der Waals surface area contributed by atoms with Crippen molar-refractivity contribution in [1.29, 1.82) is 0 Å². The van der Waals surface area contributed by atoms with Crippen molar-refractivity contribution < 1.29 is 28.5 Å². The van der Waals surface area contributed by atoms with Gasteiger partial charge in [-0.25, -0.2) is 0 Å². The van der Waals surface area contributed by atoms with E-state index in [1.807, 2.05) is 0 Å². The highest BCUT2D eigenvalue weighted by Gasteiger charge is 2.63. The minimum absolute atomic E-state index is 0.00381. The van der Waals surface area contributed by atoms with Crippen molar-refractivity contribution in [3.05, 3.63) is 0 Å². The Morgan fingerprint density at radius 3 is 2.20 bits per heavy atom. The summed E-state index contributed by atoms with van der Waals surface area (Å²) in [6, 6.07) is 0. The first kappa shape index (κ1) is 30.3. The van der Waals surface area contributed by atoms with E-state index in [-0.39, 0.29) is 24.7 Å². The number of hydrogen-bond donors (Lipinski definition) is 0. The quantitative estimate of drug-likeness (QED) is 0.219. The highest BCUT2D eigenvalue weighted by molar-refractivity contribution is 5.69. The number of esters is 1. The summed E-state index contributed by atoms with van der Waals surface area (Å²) in [6.45, 7) is 9.33. The molecule has 6 nitrogen and oxygen atoms in total. The van der Waals surface area contributed by atoms with Gasteiger partial charge in [-0.15, -0.1) is 0 Å². The monoisotopic (exact) mass is 574 g/mol. The van der Waals surface area contributed by atoms with Crippen LogP contribution < -0.4 is 0 Å². The second-order valence-electron chi connectivity index (χ2n) is 15.3. The molecule has 8 unspecified atom stereocenters. The highest BCUT2D eigenvalue weighted by atomic mass is 16.7. The molecular formula is C35H58O6. The largest absolute Gasteiger partial charge is 0.469 e. The average molecular weight is 575 g/mol. The molecule has 2 aliphatic heterocycles. The van der Waals surface area contributed by atoms with Gasteiger partial charge in [-0.3, -0.25) is 4.79 Å². The topological polar surface area (TPSA) is 63.2 Å². The summed E-state index contributed by atoms with van der Waals surface area (Å²) >= 11 is 0. The molecule has 4 saturated carbocycles. The zero-order valence-electron chi connectivity index (χ0n) is 26.5. The third-order valence-corrected chi connectivity index (χ3v) is 13.3. The van der Waals surface area contributed by atoms with Crippen molar-refractivity contribution in [3.8, 4) is 0 Å². The van der Waals surface area contributed by atoms with Crippen LogP contribution in [0.1, 0.15) is 124 Å². The summed E-state index contributed by atoms with van der Waals surface area (Å²) < 4.78 is 30.8. The summed E-state index contributed by atoms with van der Waals surface area (Å²) in [5.74, 6) is 3.81. The Hall–Kier alpha value is -0.690. The SMILES string of the molecule is COC(=O)CC[C@@H](C)C1CCC2C3C(OC4CCCCO4)CC4C[C@H](OC5CCCCO5)CC[C@]4(C)C3CC[C@@]21C. The fraction of sp³-hybridized carbons (Fsp3) is 0.971. The Morgan fingerprint density at radius 1 is 0.829 bits per heavy atom. The molecule has 6 rings (SSSR count). The predicted molar refractivity (Wildman–Crippen MR) is 158 cm³/mol. The predicted octanol–water partition coefficient (Wildman–Crippen LogP) is 7.67. The second-order valence-corrected chi connectivity index (χ2v) is 15.3. The van der Waals surface area contributed by atoms with E-state index in [9.17, 15) is 4.79 Å². The van der Waals surface area contributed by atoms with Gasteiger partial charge >= 0.3 is 5.97 Å². The van der Waals surface area contributed by atoms with E-state index in [1.54, 1.807) is 0 Å². The normalized spacial score (nSPS) is 47.1. The number of carbonyl (C=O) groups is 1. The van der Waals surface area contributed by atoms with Gasteiger partial charge < -0.3 is 23.7 Å². The minimum Gasteiger partial charge on any atom is -0.469 e. The fourth-order valence-corrected chi connectivity index (χ4v) is 11.1. The maximum Gasteiger partial charge on any atom is 0.305 e. The van der Waals surface area contributed by atoms with Crippen molar-refractivity contribution >= 4 is 5.97 Å². The van der Waals surface area contributed by atoms with Crippen LogP contribution >= 0.6 is 0 Å². The fourth-order valence-electron chi connectivity index (χ4n) is 11.1. The van der Waals surface area contributed by atoms with E-state index in [4.69, 9.17) is 23.7 Å². The molecule has 0 spiro atoms. The minimum atomic E-state index is -0.0675. The molecule has 6 heteroatoms. The smallest absolute Gasteiger partial charge is 0.305 e. The molecule has 2 saturated heterocycles. The first-order valence-corrected chi connectivity index (χ1v) is 17.4.